The summed E-state index contributed by atoms with van der Waals surface area (Å²) in [6.45, 7) is 5.37. The summed E-state index contributed by atoms with van der Waals surface area (Å²) in [5.41, 5.74) is 1.11. The Labute approximate surface area is 145 Å². The van der Waals surface area contributed by atoms with Crippen LogP contribution < -0.4 is 0 Å². The molecule has 0 bridgehead atoms. The van der Waals surface area contributed by atoms with Gasteiger partial charge in [0, 0.05) is 43.4 Å². The van der Waals surface area contributed by atoms with E-state index in [1.165, 1.54) is 27.9 Å². The Morgan fingerprint density at radius 2 is 1.92 bits per heavy atom. The lowest BCUT2D eigenvalue weighted by Crippen LogP contribution is -2.50. The monoisotopic (exact) mass is 365 g/mol. The molecule has 0 saturated carbocycles. The first-order chi connectivity index (χ1) is 11.4. The minimum atomic E-state index is -3.54. The third-order valence-corrected chi connectivity index (χ3v) is 7.20. The second kappa shape index (κ2) is 6.62. The van der Waals surface area contributed by atoms with E-state index in [2.05, 4.69) is 4.98 Å². The lowest BCUT2D eigenvalue weighted by atomic mass is 10.2. The number of sulfonamides is 1. The van der Waals surface area contributed by atoms with E-state index in [-0.39, 0.29) is 10.8 Å². The normalized spacial score (nSPS) is 16.3. The first-order valence-corrected chi connectivity index (χ1v) is 9.92. The SMILES string of the molecule is Cc1cc(C(=O)N2CCN(S(=O)(=O)c3cccnc3)CC2)sc1C. The molecule has 0 radical (unpaired) electrons. The Morgan fingerprint density at radius 1 is 1.21 bits per heavy atom. The number of hydrogen-bond donors (Lipinski definition) is 0. The Bertz CT molecular complexity index is 819. The molecule has 0 unspecified atom stereocenters. The van der Waals surface area contributed by atoms with Gasteiger partial charge in [-0.2, -0.15) is 4.31 Å². The number of nitrogens with zero attached hydrogens (tertiary/aromatic N) is 3. The molecule has 2 aromatic rings. The molecule has 0 aliphatic carbocycles. The highest BCUT2D eigenvalue weighted by Crippen LogP contribution is 2.23. The molecule has 1 amide bonds. The number of aryl methyl sites for hydroxylation is 2. The van der Waals surface area contributed by atoms with Crippen LogP contribution in [0.15, 0.2) is 35.5 Å². The number of pyridine rings is 1. The van der Waals surface area contributed by atoms with E-state index in [0.29, 0.717) is 31.1 Å². The average Bonchev–Trinajstić information content (AvgIpc) is 2.94. The molecule has 0 N–H and O–H groups in total. The molecule has 6 nitrogen and oxygen atoms in total. The summed E-state index contributed by atoms with van der Waals surface area (Å²) in [5.74, 6) is -0.0189. The van der Waals surface area contributed by atoms with Crippen LogP contribution in [-0.4, -0.2) is 54.7 Å². The Balaban J connectivity index is 1.69. The molecule has 128 valence electrons. The second-order valence-electron chi connectivity index (χ2n) is 5.73. The van der Waals surface area contributed by atoms with E-state index < -0.39 is 10.0 Å². The van der Waals surface area contributed by atoms with Crippen LogP contribution in [0.3, 0.4) is 0 Å². The van der Waals surface area contributed by atoms with E-state index in [9.17, 15) is 13.2 Å². The van der Waals surface area contributed by atoms with E-state index in [1.54, 1.807) is 17.2 Å². The van der Waals surface area contributed by atoms with Gasteiger partial charge in [0.25, 0.3) is 5.91 Å². The van der Waals surface area contributed by atoms with Gasteiger partial charge in [0.2, 0.25) is 10.0 Å². The molecule has 1 aliphatic rings. The van der Waals surface area contributed by atoms with Gasteiger partial charge >= 0.3 is 0 Å². The summed E-state index contributed by atoms with van der Waals surface area (Å²) < 4.78 is 26.5. The fourth-order valence-electron chi connectivity index (χ4n) is 2.61. The number of carbonyl (C=O) groups is 1. The van der Waals surface area contributed by atoms with Crippen LogP contribution in [0.4, 0.5) is 0 Å². The zero-order valence-corrected chi connectivity index (χ0v) is 15.2. The fourth-order valence-corrected chi connectivity index (χ4v) is 5.00. The molecule has 3 heterocycles. The zero-order valence-electron chi connectivity index (χ0n) is 13.6. The summed E-state index contributed by atoms with van der Waals surface area (Å²) in [5, 5.41) is 0. The summed E-state index contributed by atoms with van der Waals surface area (Å²) in [4.78, 5) is 20.2. The molecule has 0 spiro atoms. The molecule has 8 heteroatoms. The van der Waals surface area contributed by atoms with Gasteiger partial charge in [-0.05, 0) is 37.6 Å². The van der Waals surface area contributed by atoms with E-state index in [4.69, 9.17) is 0 Å². The van der Waals surface area contributed by atoms with Crippen molar-refractivity contribution in [3.63, 3.8) is 0 Å². The zero-order chi connectivity index (χ0) is 17.3. The van der Waals surface area contributed by atoms with Crippen molar-refractivity contribution in [1.29, 1.82) is 0 Å². The maximum absolute atomic E-state index is 12.6. The van der Waals surface area contributed by atoms with Crippen molar-refractivity contribution in [2.75, 3.05) is 26.2 Å². The Hall–Kier alpha value is -1.77. The molecule has 3 rings (SSSR count). The highest BCUT2D eigenvalue weighted by atomic mass is 32.2. The van der Waals surface area contributed by atoms with Crippen molar-refractivity contribution in [3.05, 3.63) is 45.9 Å². The molecule has 0 atom stereocenters. The van der Waals surface area contributed by atoms with E-state index in [0.717, 1.165) is 10.4 Å². The fraction of sp³-hybridized carbons (Fsp3) is 0.375. The molecular formula is C16H19N3O3S2. The van der Waals surface area contributed by atoms with Crippen LogP contribution in [0.1, 0.15) is 20.1 Å². The quantitative estimate of drug-likeness (QED) is 0.833. The number of rotatable bonds is 3. The standard InChI is InChI=1S/C16H19N3O3S2/c1-12-10-15(23-13(12)2)16(20)18-6-8-19(9-7-18)24(21,22)14-4-3-5-17-11-14/h3-5,10-11H,6-9H2,1-2H3. The highest BCUT2D eigenvalue weighted by Gasteiger charge is 2.30. The maximum Gasteiger partial charge on any atom is 0.264 e. The molecule has 24 heavy (non-hydrogen) atoms. The number of thiophene rings is 1. The smallest absolute Gasteiger partial charge is 0.264 e. The van der Waals surface area contributed by atoms with Crippen molar-refractivity contribution in [1.82, 2.24) is 14.2 Å². The highest BCUT2D eigenvalue weighted by molar-refractivity contribution is 7.89. The topological polar surface area (TPSA) is 70.6 Å². The number of aromatic nitrogens is 1. The average molecular weight is 365 g/mol. The van der Waals surface area contributed by atoms with Gasteiger partial charge in [0.15, 0.2) is 0 Å². The second-order valence-corrected chi connectivity index (χ2v) is 8.93. The third kappa shape index (κ3) is 3.22. The number of carbonyl (C=O) groups excluding carboxylic acids is 1. The van der Waals surface area contributed by atoms with Crippen molar-refractivity contribution in [2.24, 2.45) is 0 Å². The summed E-state index contributed by atoms with van der Waals surface area (Å²) in [7, 11) is -3.54. The van der Waals surface area contributed by atoms with Crippen LogP contribution in [0.25, 0.3) is 0 Å². The molecular weight excluding hydrogens is 346 g/mol. The Kier molecular flexibility index (Phi) is 4.71. The molecule has 0 aromatic carbocycles. The van der Waals surface area contributed by atoms with Crippen LogP contribution in [0.2, 0.25) is 0 Å². The summed E-state index contributed by atoms with van der Waals surface area (Å²) in [6, 6.07) is 5.05. The summed E-state index contributed by atoms with van der Waals surface area (Å²) >= 11 is 1.49. The lowest BCUT2D eigenvalue weighted by molar-refractivity contribution is 0.0702. The number of hydrogen-bond acceptors (Lipinski definition) is 5. The number of piperazine rings is 1. The predicted octanol–water partition coefficient (Wildman–Crippen LogP) is 1.91. The van der Waals surface area contributed by atoms with E-state index >= 15 is 0 Å². The molecule has 1 saturated heterocycles. The van der Waals surface area contributed by atoms with Crippen molar-refractivity contribution in [2.45, 2.75) is 18.7 Å². The molecule has 2 aromatic heterocycles. The maximum atomic E-state index is 12.6. The van der Waals surface area contributed by atoms with Crippen LogP contribution in [0, 0.1) is 13.8 Å². The first-order valence-electron chi connectivity index (χ1n) is 7.66. The van der Waals surface area contributed by atoms with Crippen molar-refractivity contribution >= 4 is 27.3 Å². The van der Waals surface area contributed by atoms with Gasteiger partial charge < -0.3 is 4.90 Å². The van der Waals surface area contributed by atoms with E-state index in [1.807, 2.05) is 19.9 Å². The number of amides is 1. The van der Waals surface area contributed by atoms with Crippen molar-refractivity contribution < 1.29 is 13.2 Å². The van der Waals surface area contributed by atoms with Gasteiger partial charge in [-0.25, -0.2) is 8.42 Å². The minimum Gasteiger partial charge on any atom is -0.335 e. The largest absolute Gasteiger partial charge is 0.335 e. The Morgan fingerprint density at radius 3 is 2.46 bits per heavy atom. The van der Waals surface area contributed by atoms with Crippen LogP contribution >= 0.6 is 11.3 Å². The van der Waals surface area contributed by atoms with Gasteiger partial charge in [0.1, 0.15) is 4.90 Å². The lowest BCUT2D eigenvalue weighted by Gasteiger charge is -2.33. The van der Waals surface area contributed by atoms with Crippen molar-refractivity contribution in [3.8, 4) is 0 Å². The van der Waals surface area contributed by atoms with Gasteiger partial charge in [0.05, 0.1) is 4.88 Å². The van der Waals surface area contributed by atoms with Crippen LogP contribution in [-0.2, 0) is 10.0 Å². The van der Waals surface area contributed by atoms with Crippen LogP contribution in [0.5, 0.6) is 0 Å². The molecule has 1 fully saturated rings. The first kappa shape index (κ1) is 17.1. The predicted molar refractivity (Wildman–Crippen MR) is 92.7 cm³/mol. The van der Waals surface area contributed by atoms with Gasteiger partial charge in [-0.1, -0.05) is 0 Å². The minimum absolute atomic E-state index is 0.0189. The van der Waals surface area contributed by atoms with Gasteiger partial charge in [-0.3, -0.25) is 9.78 Å². The molecule has 1 aliphatic heterocycles. The summed E-state index contributed by atoms with van der Waals surface area (Å²) in [6.07, 6.45) is 2.89. The van der Waals surface area contributed by atoms with Gasteiger partial charge in [-0.15, -0.1) is 11.3 Å². The third-order valence-electron chi connectivity index (χ3n) is 4.17.